The number of nitrogens with zero attached hydrogens (tertiary/aromatic N) is 1. The number of hydrogen-bond acceptors (Lipinski definition) is 2. The molecule has 0 fully saturated rings. The Morgan fingerprint density at radius 1 is 0.552 bits per heavy atom. The average molecular weight is 375 g/mol. The fraction of sp³-hybridized carbons (Fsp3) is 0.0769. The number of aryl methyl sites for hydroxylation is 2. The maximum atomic E-state index is 13.3. The van der Waals surface area contributed by atoms with E-state index in [4.69, 9.17) is 0 Å². The molecule has 0 N–H and O–H groups in total. The van der Waals surface area contributed by atoms with Crippen molar-refractivity contribution in [3.8, 4) is 11.1 Å². The molecule has 3 heteroatoms. The Bertz CT molecular complexity index is 1260. The quantitative estimate of drug-likeness (QED) is 0.440. The molecule has 2 aliphatic rings. The van der Waals surface area contributed by atoms with Gasteiger partial charge in [-0.15, -0.1) is 0 Å². The van der Waals surface area contributed by atoms with Gasteiger partial charge >= 0.3 is 0 Å². The Morgan fingerprint density at radius 3 is 1.69 bits per heavy atom. The molecule has 6 rings (SSSR count). The predicted octanol–water partition coefficient (Wildman–Crippen LogP) is 5.41. The molecule has 0 radical (unpaired) electrons. The van der Waals surface area contributed by atoms with Gasteiger partial charge < -0.3 is 0 Å². The first kappa shape index (κ1) is 16.3. The molecule has 1 heterocycles. The highest BCUT2D eigenvalue weighted by Crippen LogP contribution is 2.39. The van der Waals surface area contributed by atoms with Crippen molar-refractivity contribution in [3.63, 3.8) is 0 Å². The third-order valence-corrected chi connectivity index (χ3v) is 6.10. The fourth-order valence-corrected chi connectivity index (χ4v) is 4.69. The first-order valence-corrected chi connectivity index (χ1v) is 9.84. The summed E-state index contributed by atoms with van der Waals surface area (Å²) in [4.78, 5) is 27.9. The van der Waals surface area contributed by atoms with Crippen LogP contribution in [0.2, 0.25) is 0 Å². The van der Waals surface area contributed by atoms with Crippen LogP contribution in [0.15, 0.2) is 78.9 Å². The number of benzene rings is 4. The van der Waals surface area contributed by atoms with Crippen LogP contribution in [0.25, 0.3) is 21.9 Å². The third-order valence-electron chi connectivity index (χ3n) is 6.10. The maximum Gasteiger partial charge on any atom is 0.265 e. The first-order valence-electron chi connectivity index (χ1n) is 9.84. The van der Waals surface area contributed by atoms with Gasteiger partial charge in [0.1, 0.15) is 0 Å². The van der Waals surface area contributed by atoms with Crippen molar-refractivity contribution in [1.82, 2.24) is 0 Å². The minimum absolute atomic E-state index is 0.245. The van der Waals surface area contributed by atoms with E-state index in [0.717, 1.165) is 34.7 Å². The number of amides is 2. The zero-order valence-electron chi connectivity index (χ0n) is 15.7. The van der Waals surface area contributed by atoms with Crippen molar-refractivity contribution < 1.29 is 9.59 Å². The third kappa shape index (κ3) is 2.24. The van der Waals surface area contributed by atoms with E-state index in [1.165, 1.54) is 16.0 Å². The van der Waals surface area contributed by atoms with Crippen LogP contribution in [0.3, 0.4) is 0 Å². The summed E-state index contributed by atoms with van der Waals surface area (Å²) in [7, 11) is 0. The molecular weight excluding hydrogens is 358 g/mol. The molecule has 0 saturated heterocycles. The van der Waals surface area contributed by atoms with E-state index >= 15 is 0 Å². The molecule has 138 valence electrons. The van der Waals surface area contributed by atoms with Crippen molar-refractivity contribution in [2.45, 2.75) is 12.8 Å². The number of carbonyl (C=O) groups excluding carboxylic acids is 2. The van der Waals surface area contributed by atoms with E-state index in [9.17, 15) is 9.59 Å². The number of hydrogen-bond donors (Lipinski definition) is 0. The van der Waals surface area contributed by atoms with Crippen LogP contribution in [-0.4, -0.2) is 11.8 Å². The van der Waals surface area contributed by atoms with E-state index in [-0.39, 0.29) is 11.8 Å². The molecule has 0 spiro atoms. The molecule has 4 aromatic rings. The summed E-state index contributed by atoms with van der Waals surface area (Å²) in [5, 5.41) is 1.95. The second-order valence-corrected chi connectivity index (χ2v) is 7.65. The van der Waals surface area contributed by atoms with Gasteiger partial charge in [0.05, 0.1) is 5.69 Å². The lowest BCUT2D eigenvalue weighted by atomic mass is 9.91. The zero-order chi connectivity index (χ0) is 19.5. The lowest BCUT2D eigenvalue weighted by Crippen LogP contribution is -2.40. The monoisotopic (exact) mass is 375 g/mol. The van der Waals surface area contributed by atoms with Gasteiger partial charge in [0, 0.05) is 16.5 Å². The lowest BCUT2D eigenvalue weighted by Gasteiger charge is -2.27. The Balaban J connectivity index is 1.47. The Labute approximate surface area is 168 Å². The minimum atomic E-state index is -0.245. The van der Waals surface area contributed by atoms with Crippen LogP contribution in [-0.2, 0) is 12.8 Å². The smallest absolute Gasteiger partial charge is 0.265 e. The van der Waals surface area contributed by atoms with Crippen molar-refractivity contribution in [1.29, 1.82) is 0 Å². The Kier molecular flexibility index (Phi) is 3.30. The normalized spacial score (nSPS) is 14.7. The molecule has 2 amide bonds. The molecule has 0 bridgehead atoms. The average Bonchev–Trinajstić information content (AvgIpc) is 3.20. The molecule has 29 heavy (non-hydrogen) atoms. The lowest BCUT2D eigenvalue weighted by molar-refractivity contribution is 0.0893. The summed E-state index contributed by atoms with van der Waals surface area (Å²) in [5.74, 6) is -0.490. The molecule has 1 aliphatic carbocycles. The first-order chi connectivity index (χ1) is 14.2. The van der Waals surface area contributed by atoms with Gasteiger partial charge in [0.25, 0.3) is 11.8 Å². The number of rotatable bonds is 2. The van der Waals surface area contributed by atoms with E-state index in [1.807, 2.05) is 78.9 Å². The van der Waals surface area contributed by atoms with Gasteiger partial charge in [-0.05, 0) is 64.7 Å². The van der Waals surface area contributed by atoms with Crippen molar-refractivity contribution in [2.75, 3.05) is 4.90 Å². The molecule has 0 atom stereocenters. The topological polar surface area (TPSA) is 37.4 Å². The van der Waals surface area contributed by atoms with Crippen LogP contribution >= 0.6 is 0 Å². The highest BCUT2D eigenvalue weighted by Gasteiger charge is 2.35. The molecule has 1 aliphatic heterocycles. The summed E-state index contributed by atoms with van der Waals surface area (Å²) in [6.07, 6.45) is 1.95. The summed E-state index contributed by atoms with van der Waals surface area (Å²) >= 11 is 0. The van der Waals surface area contributed by atoms with E-state index in [1.54, 1.807) is 0 Å². The maximum absolute atomic E-state index is 13.3. The second kappa shape index (κ2) is 5.89. The van der Waals surface area contributed by atoms with E-state index in [0.29, 0.717) is 16.8 Å². The van der Waals surface area contributed by atoms with Gasteiger partial charge in [-0.2, -0.15) is 0 Å². The molecule has 3 nitrogen and oxygen atoms in total. The molecule has 4 aromatic carbocycles. The molecule has 0 unspecified atom stereocenters. The van der Waals surface area contributed by atoms with Gasteiger partial charge in [-0.3, -0.25) is 9.59 Å². The standard InChI is InChI=1S/C26H17NO2/c28-25-21-14-10-18-6-7-19-11-15-22(24(21)23(18)19)26(29)27(25)20-12-8-17(9-13-20)16-4-2-1-3-5-16/h1-5,8-15H,6-7H2. The van der Waals surface area contributed by atoms with Crippen LogP contribution in [0.1, 0.15) is 31.8 Å². The van der Waals surface area contributed by atoms with Gasteiger partial charge in [-0.1, -0.05) is 54.6 Å². The number of imide groups is 1. The van der Waals surface area contributed by atoms with Gasteiger partial charge in [-0.25, -0.2) is 4.90 Å². The predicted molar refractivity (Wildman–Crippen MR) is 114 cm³/mol. The van der Waals surface area contributed by atoms with Crippen molar-refractivity contribution >= 4 is 28.3 Å². The molecular formula is C26H17NO2. The molecule has 0 aromatic heterocycles. The second-order valence-electron chi connectivity index (χ2n) is 7.65. The number of anilines is 1. The highest BCUT2D eigenvalue weighted by atomic mass is 16.2. The minimum Gasteiger partial charge on any atom is -0.268 e. The van der Waals surface area contributed by atoms with Gasteiger partial charge in [0.2, 0.25) is 0 Å². The summed E-state index contributed by atoms with van der Waals surface area (Å²) in [6, 6.07) is 25.5. The number of carbonyl (C=O) groups is 2. The molecule has 0 saturated carbocycles. The largest absolute Gasteiger partial charge is 0.268 e. The van der Waals surface area contributed by atoms with E-state index in [2.05, 4.69) is 0 Å². The summed E-state index contributed by atoms with van der Waals surface area (Å²) < 4.78 is 0. The van der Waals surface area contributed by atoms with Gasteiger partial charge in [0.15, 0.2) is 0 Å². The van der Waals surface area contributed by atoms with Crippen LogP contribution < -0.4 is 4.90 Å². The Morgan fingerprint density at radius 2 is 1.10 bits per heavy atom. The van der Waals surface area contributed by atoms with E-state index < -0.39 is 0 Å². The van der Waals surface area contributed by atoms with Crippen molar-refractivity contribution in [2.24, 2.45) is 0 Å². The zero-order valence-corrected chi connectivity index (χ0v) is 15.7. The van der Waals surface area contributed by atoms with Crippen LogP contribution in [0, 0.1) is 0 Å². The summed E-state index contributed by atoms with van der Waals surface area (Å²) in [6.45, 7) is 0. The SMILES string of the molecule is O=C1c2ccc3c4c(ccc(c24)C(=O)N1c1ccc(-c2ccccc2)cc1)CC3. The fourth-order valence-electron chi connectivity index (χ4n) is 4.69. The van der Waals surface area contributed by atoms with Crippen molar-refractivity contribution in [3.05, 3.63) is 101 Å². The summed E-state index contributed by atoms with van der Waals surface area (Å²) in [5.41, 5.74) is 6.46. The Hall–Kier alpha value is -3.72. The van der Waals surface area contributed by atoms with Crippen LogP contribution in [0.5, 0.6) is 0 Å². The van der Waals surface area contributed by atoms with Crippen LogP contribution in [0.4, 0.5) is 5.69 Å². The highest BCUT2D eigenvalue weighted by molar-refractivity contribution is 6.36.